The molecule has 0 bridgehead atoms. The van der Waals surface area contributed by atoms with Crippen LogP contribution in [0.4, 0.5) is 0 Å². The number of fused-ring (bicyclic) bond motifs is 3. The Balaban J connectivity index is 1.69. The lowest BCUT2D eigenvalue weighted by atomic mass is 9.86. The molecule has 0 aromatic heterocycles. The molecule has 0 unspecified atom stereocenters. The van der Waals surface area contributed by atoms with Crippen molar-refractivity contribution in [1.82, 2.24) is 4.31 Å². The lowest BCUT2D eigenvalue weighted by Crippen LogP contribution is -2.40. The topological polar surface area (TPSA) is 12.5 Å². The van der Waals surface area contributed by atoms with Crippen LogP contribution in [0.1, 0.15) is 37.8 Å². The van der Waals surface area contributed by atoms with E-state index in [-0.39, 0.29) is 5.41 Å². The zero-order valence-electron chi connectivity index (χ0n) is 14.0. The SMILES string of the molecule is CC(C)(C)[C@H]1COSN1CC1c2ccccc2-c2ccccc21. The Morgan fingerprint density at radius 3 is 2.13 bits per heavy atom. The molecule has 0 radical (unpaired) electrons. The van der Waals surface area contributed by atoms with Crippen LogP contribution in [0, 0.1) is 5.41 Å². The van der Waals surface area contributed by atoms with Crippen molar-refractivity contribution in [2.45, 2.75) is 32.7 Å². The second kappa shape index (κ2) is 5.66. The van der Waals surface area contributed by atoms with Gasteiger partial charge in [0, 0.05) is 12.5 Å². The molecule has 0 spiro atoms. The van der Waals surface area contributed by atoms with Gasteiger partial charge in [-0.25, -0.2) is 4.31 Å². The molecule has 1 aliphatic heterocycles. The standard InChI is InChI=1S/C20H23NOS/c1-20(2,3)19-13-22-23-21(19)12-18-16-10-6-4-8-14(16)15-9-5-7-11-17(15)18/h4-11,18-19H,12-13H2,1-3H3/t19-/m1/s1. The molecule has 23 heavy (non-hydrogen) atoms. The van der Waals surface area contributed by atoms with Crippen LogP contribution in [0.25, 0.3) is 11.1 Å². The van der Waals surface area contributed by atoms with E-state index in [2.05, 4.69) is 73.6 Å². The van der Waals surface area contributed by atoms with Gasteiger partial charge < -0.3 is 0 Å². The van der Waals surface area contributed by atoms with Gasteiger partial charge in [0.05, 0.1) is 24.9 Å². The molecular weight excluding hydrogens is 302 g/mol. The summed E-state index contributed by atoms with van der Waals surface area (Å²) in [6.07, 6.45) is 0. The molecule has 1 atom stereocenters. The van der Waals surface area contributed by atoms with E-state index in [1.54, 1.807) is 12.2 Å². The number of hydrogen-bond acceptors (Lipinski definition) is 3. The van der Waals surface area contributed by atoms with E-state index < -0.39 is 0 Å². The zero-order valence-corrected chi connectivity index (χ0v) is 14.8. The van der Waals surface area contributed by atoms with Crippen molar-refractivity contribution in [2.75, 3.05) is 13.2 Å². The highest BCUT2D eigenvalue weighted by atomic mass is 32.2. The van der Waals surface area contributed by atoms with Crippen LogP contribution in [0.3, 0.4) is 0 Å². The summed E-state index contributed by atoms with van der Waals surface area (Å²) in [6.45, 7) is 8.72. The first-order valence-corrected chi connectivity index (χ1v) is 9.00. The molecule has 2 aromatic carbocycles. The molecule has 1 heterocycles. The van der Waals surface area contributed by atoms with Gasteiger partial charge >= 0.3 is 0 Å². The Bertz CT molecular complexity index is 676. The van der Waals surface area contributed by atoms with E-state index in [0.717, 1.165) is 13.2 Å². The summed E-state index contributed by atoms with van der Waals surface area (Å²) in [6, 6.07) is 18.1. The summed E-state index contributed by atoms with van der Waals surface area (Å²) in [5, 5.41) is 0. The van der Waals surface area contributed by atoms with E-state index in [9.17, 15) is 0 Å². The first-order chi connectivity index (χ1) is 11.1. The second-order valence-electron chi connectivity index (χ2n) is 7.57. The largest absolute Gasteiger partial charge is 0.299 e. The molecule has 2 nitrogen and oxygen atoms in total. The molecule has 2 aromatic rings. The van der Waals surface area contributed by atoms with Crippen molar-refractivity contribution in [3.8, 4) is 11.1 Å². The Kier molecular flexibility index (Phi) is 3.75. The van der Waals surface area contributed by atoms with Gasteiger partial charge in [0.15, 0.2) is 0 Å². The quantitative estimate of drug-likeness (QED) is 0.562. The van der Waals surface area contributed by atoms with Gasteiger partial charge in [0.25, 0.3) is 0 Å². The van der Waals surface area contributed by atoms with Crippen molar-refractivity contribution in [1.29, 1.82) is 0 Å². The van der Waals surface area contributed by atoms with Crippen LogP contribution < -0.4 is 0 Å². The van der Waals surface area contributed by atoms with E-state index in [1.165, 1.54) is 22.3 Å². The number of hydrogen-bond donors (Lipinski definition) is 0. The summed E-state index contributed by atoms with van der Waals surface area (Å²) >= 11 is 1.55. The van der Waals surface area contributed by atoms with Crippen molar-refractivity contribution in [2.24, 2.45) is 5.41 Å². The Hall–Kier alpha value is -1.29. The van der Waals surface area contributed by atoms with E-state index >= 15 is 0 Å². The van der Waals surface area contributed by atoms with Crippen LogP contribution in [-0.4, -0.2) is 23.5 Å². The maximum absolute atomic E-state index is 5.73. The average molecular weight is 325 g/mol. The van der Waals surface area contributed by atoms with Crippen molar-refractivity contribution >= 4 is 12.2 Å². The van der Waals surface area contributed by atoms with Gasteiger partial charge in [-0.2, -0.15) is 0 Å². The summed E-state index contributed by atoms with van der Waals surface area (Å²) in [4.78, 5) is 0. The van der Waals surface area contributed by atoms with Gasteiger partial charge in [-0.05, 0) is 27.7 Å². The van der Waals surface area contributed by atoms with Crippen LogP contribution in [0.2, 0.25) is 0 Å². The number of benzene rings is 2. The molecule has 4 rings (SSSR count). The highest BCUT2D eigenvalue weighted by molar-refractivity contribution is 7.92. The minimum Gasteiger partial charge on any atom is -0.299 e. The third-order valence-electron chi connectivity index (χ3n) is 5.05. The fourth-order valence-electron chi connectivity index (χ4n) is 3.77. The van der Waals surface area contributed by atoms with Crippen LogP contribution >= 0.6 is 12.2 Å². The fourth-order valence-corrected chi connectivity index (χ4v) is 4.79. The zero-order chi connectivity index (χ0) is 16.0. The van der Waals surface area contributed by atoms with Crippen molar-refractivity contribution in [3.63, 3.8) is 0 Å². The summed E-state index contributed by atoms with van der Waals surface area (Å²) in [5.74, 6) is 0.432. The average Bonchev–Trinajstić information content (AvgIpc) is 3.12. The first kappa shape index (κ1) is 15.3. The van der Waals surface area contributed by atoms with Crippen LogP contribution in [0.5, 0.6) is 0 Å². The van der Waals surface area contributed by atoms with Gasteiger partial charge in [0.2, 0.25) is 0 Å². The lowest BCUT2D eigenvalue weighted by Gasteiger charge is -2.33. The van der Waals surface area contributed by atoms with Crippen LogP contribution in [-0.2, 0) is 4.18 Å². The maximum atomic E-state index is 5.73. The fraction of sp³-hybridized carbons (Fsp3) is 0.400. The van der Waals surface area contributed by atoms with E-state index in [4.69, 9.17) is 4.18 Å². The number of rotatable bonds is 2. The predicted molar refractivity (Wildman–Crippen MR) is 97.2 cm³/mol. The molecule has 1 fully saturated rings. The lowest BCUT2D eigenvalue weighted by molar-refractivity contribution is 0.173. The maximum Gasteiger partial charge on any atom is 0.0823 e. The first-order valence-electron chi connectivity index (χ1n) is 8.30. The normalized spacial score (nSPS) is 21.4. The Morgan fingerprint density at radius 1 is 1.00 bits per heavy atom. The molecule has 2 aliphatic rings. The molecular formula is C20H23NOS. The van der Waals surface area contributed by atoms with Crippen LogP contribution in [0.15, 0.2) is 48.5 Å². The summed E-state index contributed by atoms with van der Waals surface area (Å²) < 4.78 is 8.17. The number of nitrogens with zero attached hydrogens (tertiary/aromatic N) is 1. The molecule has 3 heteroatoms. The molecule has 0 N–H and O–H groups in total. The highest BCUT2D eigenvalue weighted by Gasteiger charge is 2.39. The third kappa shape index (κ3) is 2.61. The summed E-state index contributed by atoms with van der Waals surface area (Å²) in [5.41, 5.74) is 5.92. The molecule has 120 valence electrons. The van der Waals surface area contributed by atoms with Gasteiger partial charge in [0.1, 0.15) is 0 Å². The monoisotopic (exact) mass is 325 g/mol. The minimum atomic E-state index is 0.223. The Morgan fingerprint density at radius 2 is 1.57 bits per heavy atom. The molecule has 1 saturated heterocycles. The second-order valence-corrected chi connectivity index (χ2v) is 8.42. The third-order valence-corrected chi connectivity index (χ3v) is 5.88. The molecule has 1 aliphatic carbocycles. The highest BCUT2D eigenvalue weighted by Crippen LogP contribution is 2.47. The van der Waals surface area contributed by atoms with Gasteiger partial charge in [-0.1, -0.05) is 69.3 Å². The van der Waals surface area contributed by atoms with Gasteiger partial charge in [-0.15, -0.1) is 0 Å². The van der Waals surface area contributed by atoms with Gasteiger partial charge in [-0.3, -0.25) is 4.18 Å². The van der Waals surface area contributed by atoms with E-state index in [0.29, 0.717) is 12.0 Å². The molecule has 0 saturated carbocycles. The summed E-state index contributed by atoms with van der Waals surface area (Å²) in [7, 11) is 0. The minimum absolute atomic E-state index is 0.223. The van der Waals surface area contributed by atoms with E-state index in [1.807, 2.05) is 0 Å². The predicted octanol–water partition coefficient (Wildman–Crippen LogP) is 5.11. The van der Waals surface area contributed by atoms with Crippen molar-refractivity contribution < 1.29 is 4.18 Å². The molecule has 0 amide bonds. The van der Waals surface area contributed by atoms with Crippen molar-refractivity contribution in [3.05, 3.63) is 59.7 Å². The Labute approximate surface area is 143 Å². The smallest absolute Gasteiger partial charge is 0.0823 e.